The van der Waals surface area contributed by atoms with Crippen LogP contribution in [-0.4, -0.2) is 42.8 Å². The molecule has 218 valence electrons. The molecular formula is C31H46O8. The Bertz CT molecular complexity index is 1020. The lowest BCUT2D eigenvalue weighted by Crippen LogP contribution is -2.14. The lowest BCUT2D eigenvalue weighted by atomic mass is 9.94. The molecule has 0 amide bonds. The van der Waals surface area contributed by atoms with Crippen molar-refractivity contribution in [3.8, 4) is 11.5 Å². The molecule has 1 aromatic carbocycles. The van der Waals surface area contributed by atoms with E-state index < -0.39 is 5.97 Å². The summed E-state index contributed by atoms with van der Waals surface area (Å²) in [6.45, 7) is 10.2. The number of rotatable bonds is 17. The first-order valence-electron chi connectivity index (χ1n) is 14.1. The highest BCUT2D eigenvalue weighted by atomic mass is 16.5. The summed E-state index contributed by atoms with van der Waals surface area (Å²) in [5.41, 5.74) is 3.20. The van der Waals surface area contributed by atoms with Gasteiger partial charge in [0.1, 0.15) is 23.7 Å². The Labute approximate surface area is 233 Å². The van der Waals surface area contributed by atoms with Crippen LogP contribution < -0.4 is 4.74 Å². The normalized spacial score (nSPS) is 13.7. The van der Waals surface area contributed by atoms with Crippen LogP contribution in [0.5, 0.6) is 11.5 Å². The second kappa shape index (κ2) is 16.2. The molecule has 1 heterocycles. The number of carbonyl (C=O) groups is 3. The average Bonchev–Trinajstić information content (AvgIpc) is 3.26. The first-order valence-corrected chi connectivity index (χ1v) is 14.1. The SMILES string of the molecule is COc1c(C)c2c(c(O)c1C/C=C(\C)CCC(=O)OCCCCCCCC(C)CC(=O)OC(C)C)C(=O)OC2. The molecule has 0 radical (unpaired) electrons. The van der Waals surface area contributed by atoms with Gasteiger partial charge in [-0.2, -0.15) is 0 Å². The van der Waals surface area contributed by atoms with Crippen molar-refractivity contribution in [3.63, 3.8) is 0 Å². The molecule has 1 aliphatic heterocycles. The third-order valence-corrected chi connectivity index (χ3v) is 7.01. The van der Waals surface area contributed by atoms with E-state index in [1.165, 1.54) is 7.11 Å². The molecule has 1 unspecified atom stereocenters. The number of aromatic hydroxyl groups is 1. The molecule has 1 atom stereocenters. The van der Waals surface area contributed by atoms with Crippen molar-refractivity contribution in [2.45, 2.75) is 112 Å². The first kappa shape index (κ1) is 32.2. The minimum Gasteiger partial charge on any atom is -0.507 e. The Hall–Kier alpha value is -3.03. The minimum atomic E-state index is -0.520. The number of esters is 3. The number of phenols is 1. The number of cyclic esters (lactones) is 1. The third-order valence-electron chi connectivity index (χ3n) is 7.01. The van der Waals surface area contributed by atoms with Gasteiger partial charge < -0.3 is 24.1 Å². The topological polar surface area (TPSA) is 108 Å². The summed E-state index contributed by atoms with van der Waals surface area (Å²) in [4.78, 5) is 35.9. The highest BCUT2D eigenvalue weighted by molar-refractivity contribution is 5.98. The van der Waals surface area contributed by atoms with Gasteiger partial charge in [-0.15, -0.1) is 0 Å². The van der Waals surface area contributed by atoms with Gasteiger partial charge in [-0.05, 0) is 58.4 Å². The molecule has 1 N–H and O–H groups in total. The predicted octanol–water partition coefficient (Wildman–Crippen LogP) is 6.51. The number of methoxy groups -OCH3 is 1. The maximum atomic E-state index is 12.2. The number of benzene rings is 1. The molecule has 1 aromatic rings. The van der Waals surface area contributed by atoms with E-state index in [1.54, 1.807) is 0 Å². The van der Waals surface area contributed by atoms with Crippen molar-refractivity contribution >= 4 is 17.9 Å². The van der Waals surface area contributed by atoms with Crippen LogP contribution in [0.15, 0.2) is 11.6 Å². The summed E-state index contributed by atoms with van der Waals surface area (Å²) >= 11 is 0. The standard InChI is InChI=1S/C31H46O8/c1-20(2)39-27(33)18-22(4)12-10-8-7-9-11-17-37-26(32)16-14-21(3)13-15-24-29(34)28-25(19-38-31(28)35)23(5)30(24)36-6/h13,20,22,34H,7-12,14-19H2,1-6H3/b21-13+. The van der Waals surface area contributed by atoms with E-state index in [0.717, 1.165) is 49.7 Å². The van der Waals surface area contributed by atoms with E-state index in [9.17, 15) is 19.5 Å². The van der Waals surface area contributed by atoms with E-state index in [2.05, 4.69) is 6.92 Å². The second-order valence-electron chi connectivity index (χ2n) is 10.8. The van der Waals surface area contributed by atoms with Gasteiger partial charge in [0.25, 0.3) is 0 Å². The van der Waals surface area contributed by atoms with Crippen LogP contribution in [0.2, 0.25) is 0 Å². The summed E-state index contributed by atoms with van der Waals surface area (Å²) < 4.78 is 21.2. The maximum Gasteiger partial charge on any atom is 0.342 e. The highest BCUT2D eigenvalue weighted by Gasteiger charge is 2.31. The maximum absolute atomic E-state index is 12.2. The lowest BCUT2D eigenvalue weighted by molar-refractivity contribution is -0.148. The molecule has 0 fully saturated rings. The predicted molar refractivity (Wildman–Crippen MR) is 149 cm³/mol. The van der Waals surface area contributed by atoms with Crippen molar-refractivity contribution in [2.75, 3.05) is 13.7 Å². The Morgan fingerprint density at radius 2 is 1.74 bits per heavy atom. The zero-order valence-electron chi connectivity index (χ0n) is 24.5. The van der Waals surface area contributed by atoms with Crippen LogP contribution in [0.3, 0.4) is 0 Å². The van der Waals surface area contributed by atoms with Crippen LogP contribution in [0, 0.1) is 12.8 Å². The summed E-state index contributed by atoms with van der Waals surface area (Å²) in [6.07, 6.45) is 9.70. The van der Waals surface area contributed by atoms with Gasteiger partial charge in [0.15, 0.2) is 0 Å². The Kier molecular flexibility index (Phi) is 13.3. The molecule has 0 aromatic heterocycles. The molecular weight excluding hydrogens is 500 g/mol. The monoisotopic (exact) mass is 546 g/mol. The van der Waals surface area contributed by atoms with Gasteiger partial charge >= 0.3 is 17.9 Å². The molecule has 0 saturated carbocycles. The second-order valence-corrected chi connectivity index (χ2v) is 10.8. The number of hydrogen-bond donors (Lipinski definition) is 1. The first-order chi connectivity index (χ1) is 18.5. The van der Waals surface area contributed by atoms with Gasteiger partial charge in [-0.3, -0.25) is 9.59 Å². The molecule has 8 heteroatoms. The average molecular weight is 547 g/mol. The number of unbranched alkanes of at least 4 members (excludes halogenated alkanes) is 4. The van der Waals surface area contributed by atoms with Gasteiger partial charge in [-0.1, -0.05) is 50.7 Å². The molecule has 39 heavy (non-hydrogen) atoms. The number of fused-ring (bicyclic) bond motifs is 1. The van der Waals surface area contributed by atoms with E-state index in [0.29, 0.717) is 48.7 Å². The van der Waals surface area contributed by atoms with Crippen molar-refractivity contribution in [1.82, 2.24) is 0 Å². The fourth-order valence-electron chi connectivity index (χ4n) is 4.79. The van der Waals surface area contributed by atoms with Crippen molar-refractivity contribution in [2.24, 2.45) is 5.92 Å². The van der Waals surface area contributed by atoms with Crippen LogP contribution in [0.25, 0.3) is 0 Å². The minimum absolute atomic E-state index is 0.0610. The van der Waals surface area contributed by atoms with Gasteiger partial charge in [0.2, 0.25) is 0 Å². The smallest absolute Gasteiger partial charge is 0.342 e. The van der Waals surface area contributed by atoms with Gasteiger partial charge in [0, 0.05) is 24.0 Å². The third kappa shape index (κ3) is 10.2. The Balaban J connectivity index is 1.63. The van der Waals surface area contributed by atoms with E-state index in [-0.39, 0.29) is 42.4 Å². The van der Waals surface area contributed by atoms with Crippen molar-refractivity contribution < 1.29 is 38.4 Å². The summed E-state index contributed by atoms with van der Waals surface area (Å²) in [6, 6.07) is 0. The molecule has 2 rings (SSSR count). The van der Waals surface area contributed by atoms with E-state index >= 15 is 0 Å². The molecule has 0 spiro atoms. The number of ether oxygens (including phenoxy) is 4. The zero-order chi connectivity index (χ0) is 28.9. The zero-order valence-corrected chi connectivity index (χ0v) is 24.5. The van der Waals surface area contributed by atoms with Crippen molar-refractivity contribution in [1.29, 1.82) is 0 Å². The van der Waals surface area contributed by atoms with Gasteiger partial charge in [-0.25, -0.2) is 4.79 Å². The molecule has 0 aliphatic carbocycles. The number of hydrogen-bond acceptors (Lipinski definition) is 8. The fraction of sp³-hybridized carbons (Fsp3) is 0.645. The van der Waals surface area contributed by atoms with Crippen molar-refractivity contribution in [3.05, 3.63) is 33.9 Å². The number of carbonyl (C=O) groups excluding carboxylic acids is 3. The number of allylic oxidation sites excluding steroid dienone is 2. The lowest BCUT2D eigenvalue weighted by Gasteiger charge is -2.15. The van der Waals surface area contributed by atoms with Crippen LogP contribution in [-0.2, 0) is 36.8 Å². The van der Waals surface area contributed by atoms with Gasteiger partial charge in [0.05, 0.1) is 19.8 Å². The largest absolute Gasteiger partial charge is 0.507 e. The summed E-state index contributed by atoms with van der Waals surface area (Å²) in [7, 11) is 1.54. The fourth-order valence-corrected chi connectivity index (χ4v) is 4.79. The highest BCUT2D eigenvalue weighted by Crippen LogP contribution is 2.42. The molecule has 8 nitrogen and oxygen atoms in total. The number of phenolic OH excluding ortho intramolecular Hbond substituents is 1. The molecule has 0 saturated heterocycles. The quantitative estimate of drug-likeness (QED) is 0.102. The molecule has 1 aliphatic rings. The Morgan fingerprint density at radius 3 is 2.44 bits per heavy atom. The summed E-state index contributed by atoms with van der Waals surface area (Å²) in [5.74, 6) is -0.0755. The van der Waals surface area contributed by atoms with Crippen LogP contribution in [0.1, 0.15) is 113 Å². The van der Waals surface area contributed by atoms with Crippen LogP contribution in [0.4, 0.5) is 0 Å². The van der Waals surface area contributed by atoms with Crippen LogP contribution >= 0.6 is 0 Å². The Morgan fingerprint density at radius 1 is 1.05 bits per heavy atom. The van der Waals surface area contributed by atoms with E-state index in [1.807, 2.05) is 33.8 Å². The molecule has 0 bridgehead atoms. The van der Waals surface area contributed by atoms with E-state index in [4.69, 9.17) is 18.9 Å². The summed E-state index contributed by atoms with van der Waals surface area (Å²) in [5, 5.41) is 10.7.